The van der Waals surface area contributed by atoms with Crippen LogP contribution in [0.15, 0.2) is 35.5 Å². The van der Waals surface area contributed by atoms with E-state index < -0.39 is 5.97 Å². The summed E-state index contributed by atoms with van der Waals surface area (Å²) in [4.78, 5) is 10.5. The van der Waals surface area contributed by atoms with E-state index in [9.17, 15) is 4.79 Å². The molecule has 0 aliphatic carbocycles. The van der Waals surface area contributed by atoms with Crippen molar-refractivity contribution >= 4 is 17.7 Å². The van der Waals surface area contributed by atoms with Crippen LogP contribution >= 0.6 is 11.8 Å². The van der Waals surface area contributed by atoms with Gasteiger partial charge in [-0.05, 0) is 16.0 Å². The Hall–Kier alpha value is -1.89. The van der Waals surface area contributed by atoms with E-state index in [0.29, 0.717) is 11.7 Å². The van der Waals surface area contributed by atoms with Crippen molar-refractivity contribution in [3.8, 4) is 0 Å². The Kier molecular flexibility index (Phi) is 3.71. The topological polar surface area (TPSA) is 80.9 Å². The molecule has 2 aromatic rings. The maximum atomic E-state index is 10.5. The van der Waals surface area contributed by atoms with Crippen LogP contribution < -0.4 is 0 Å². The Morgan fingerprint density at radius 1 is 1.35 bits per heavy atom. The van der Waals surface area contributed by atoms with Crippen LogP contribution in [0.25, 0.3) is 0 Å². The molecule has 7 heteroatoms. The summed E-state index contributed by atoms with van der Waals surface area (Å²) in [5, 5.41) is 20.3. The molecule has 0 saturated carbocycles. The van der Waals surface area contributed by atoms with Crippen molar-refractivity contribution in [2.75, 3.05) is 5.75 Å². The monoisotopic (exact) mass is 250 g/mol. The number of nitrogens with zero attached hydrogens (tertiary/aromatic N) is 4. The van der Waals surface area contributed by atoms with Crippen LogP contribution in [0.2, 0.25) is 0 Å². The fourth-order valence-corrected chi connectivity index (χ4v) is 1.88. The fourth-order valence-electron chi connectivity index (χ4n) is 1.28. The summed E-state index contributed by atoms with van der Waals surface area (Å²) in [6, 6.07) is 9.73. The maximum Gasteiger partial charge on any atom is 0.313 e. The second-order valence-electron chi connectivity index (χ2n) is 3.29. The number of aliphatic carboxylic acids is 1. The smallest absolute Gasteiger partial charge is 0.313 e. The molecule has 0 aliphatic rings. The standard InChI is InChI=1S/C10H10N4O2S/c15-9(16)7-17-10-11-12-13-14(10)6-8-4-2-1-3-5-8/h1-5H,6-7H2,(H,15,16). The highest BCUT2D eigenvalue weighted by atomic mass is 32.2. The first-order chi connectivity index (χ1) is 8.25. The molecule has 1 N–H and O–H groups in total. The van der Waals surface area contributed by atoms with Crippen LogP contribution in [0, 0.1) is 0 Å². The molecule has 2 rings (SSSR count). The molecule has 1 heterocycles. The van der Waals surface area contributed by atoms with Crippen molar-refractivity contribution in [2.24, 2.45) is 0 Å². The summed E-state index contributed by atoms with van der Waals surface area (Å²) in [5.41, 5.74) is 1.07. The Labute approximate surface area is 102 Å². The zero-order valence-electron chi connectivity index (χ0n) is 8.85. The Morgan fingerprint density at radius 2 is 2.12 bits per heavy atom. The fraction of sp³-hybridized carbons (Fsp3) is 0.200. The molecule has 0 atom stereocenters. The molecule has 0 radical (unpaired) electrons. The van der Waals surface area contributed by atoms with Crippen molar-refractivity contribution in [2.45, 2.75) is 11.7 Å². The summed E-state index contributed by atoms with van der Waals surface area (Å²) in [6.07, 6.45) is 0. The normalized spacial score (nSPS) is 10.4. The third kappa shape index (κ3) is 3.28. The molecule has 0 bridgehead atoms. The first kappa shape index (κ1) is 11.6. The van der Waals surface area contributed by atoms with Gasteiger partial charge in [0.1, 0.15) is 0 Å². The number of carboxylic acids is 1. The highest BCUT2D eigenvalue weighted by Gasteiger charge is 2.09. The average molecular weight is 250 g/mol. The minimum atomic E-state index is -0.885. The van der Waals surface area contributed by atoms with Gasteiger partial charge in [-0.25, -0.2) is 4.68 Å². The van der Waals surface area contributed by atoms with Gasteiger partial charge in [-0.2, -0.15) is 0 Å². The van der Waals surface area contributed by atoms with Crippen LogP contribution in [-0.2, 0) is 11.3 Å². The van der Waals surface area contributed by atoms with Gasteiger partial charge in [0, 0.05) is 0 Å². The van der Waals surface area contributed by atoms with Crippen molar-refractivity contribution in [3.05, 3.63) is 35.9 Å². The molecular weight excluding hydrogens is 240 g/mol. The molecule has 0 fully saturated rings. The predicted molar refractivity (Wildman–Crippen MR) is 61.7 cm³/mol. The van der Waals surface area contributed by atoms with Crippen LogP contribution in [0.3, 0.4) is 0 Å². The molecule has 0 aliphatic heterocycles. The van der Waals surface area contributed by atoms with Gasteiger partial charge >= 0.3 is 5.97 Å². The molecule has 0 amide bonds. The second kappa shape index (κ2) is 5.44. The lowest BCUT2D eigenvalue weighted by Gasteiger charge is -2.02. The van der Waals surface area contributed by atoms with Crippen LogP contribution in [0.1, 0.15) is 5.56 Å². The molecule has 0 unspecified atom stereocenters. The Morgan fingerprint density at radius 3 is 2.82 bits per heavy atom. The number of carbonyl (C=O) groups is 1. The van der Waals surface area contributed by atoms with E-state index in [1.54, 1.807) is 4.68 Å². The summed E-state index contributed by atoms with van der Waals surface area (Å²) in [7, 11) is 0. The summed E-state index contributed by atoms with van der Waals surface area (Å²) < 4.78 is 1.59. The van der Waals surface area contributed by atoms with Crippen LogP contribution in [0.4, 0.5) is 0 Å². The summed E-state index contributed by atoms with van der Waals surface area (Å²) >= 11 is 1.11. The first-order valence-electron chi connectivity index (χ1n) is 4.90. The van der Waals surface area contributed by atoms with Crippen molar-refractivity contribution in [1.29, 1.82) is 0 Å². The molecule has 17 heavy (non-hydrogen) atoms. The third-order valence-electron chi connectivity index (χ3n) is 2.00. The maximum absolute atomic E-state index is 10.5. The number of aromatic nitrogens is 4. The summed E-state index contributed by atoms with van der Waals surface area (Å²) in [6.45, 7) is 0.537. The number of thioether (sulfide) groups is 1. The lowest BCUT2D eigenvalue weighted by molar-refractivity contribution is -0.133. The minimum absolute atomic E-state index is 0.0465. The first-order valence-corrected chi connectivity index (χ1v) is 5.89. The van der Waals surface area contributed by atoms with Gasteiger partial charge in [-0.3, -0.25) is 4.79 Å². The molecule has 1 aromatic carbocycles. The van der Waals surface area contributed by atoms with E-state index in [-0.39, 0.29) is 5.75 Å². The molecular formula is C10H10N4O2S. The minimum Gasteiger partial charge on any atom is -0.481 e. The third-order valence-corrected chi connectivity index (χ3v) is 2.94. The van der Waals surface area contributed by atoms with E-state index in [1.807, 2.05) is 30.3 Å². The zero-order valence-corrected chi connectivity index (χ0v) is 9.67. The summed E-state index contributed by atoms with van der Waals surface area (Å²) in [5.74, 6) is -0.931. The number of tetrazole rings is 1. The zero-order chi connectivity index (χ0) is 12.1. The van der Waals surface area contributed by atoms with Gasteiger partial charge in [0.2, 0.25) is 5.16 Å². The molecule has 1 aromatic heterocycles. The largest absolute Gasteiger partial charge is 0.481 e. The average Bonchev–Trinajstić information content (AvgIpc) is 2.75. The van der Waals surface area contributed by atoms with E-state index in [1.165, 1.54) is 0 Å². The quantitative estimate of drug-likeness (QED) is 0.794. The van der Waals surface area contributed by atoms with Gasteiger partial charge in [-0.15, -0.1) is 5.10 Å². The Bertz CT molecular complexity index is 500. The van der Waals surface area contributed by atoms with E-state index in [2.05, 4.69) is 15.5 Å². The lowest BCUT2D eigenvalue weighted by atomic mass is 10.2. The number of carboxylic acid groups (broad SMARTS) is 1. The van der Waals surface area contributed by atoms with Gasteiger partial charge in [-0.1, -0.05) is 42.1 Å². The van der Waals surface area contributed by atoms with Crippen LogP contribution in [-0.4, -0.2) is 37.0 Å². The van der Waals surface area contributed by atoms with Crippen LogP contribution in [0.5, 0.6) is 0 Å². The Balaban J connectivity index is 2.06. The van der Waals surface area contributed by atoms with Gasteiger partial charge < -0.3 is 5.11 Å². The SMILES string of the molecule is O=C(O)CSc1nnnn1Cc1ccccc1. The highest BCUT2D eigenvalue weighted by Crippen LogP contribution is 2.14. The van der Waals surface area contributed by atoms with Crippen molar-refractivity contribution in [3.63, 3.8) is 0 Å². The predicted octanol–water partition coefficient (Wildman–Crippen LogP) is 0.898. The molecule has 0 spiro atoms. The number of rotatable bonds is 5. The lowest BCUT2D eigenvalue weighted by Crippen LogP contribution is -2.05. The highest BCUT2D eigenvalue weighted by molar-refractivity contribution is 7.99. The number of hydrogen-bond acceptors (Lipinski definition) is 5. The van der Waals surface area contributed by atoms with E-state index in [4.69, 9.17) is 5.11 Å². The molecule has 6 nitrogen and oxygen atoms in total. The van der Waals surface area contributed by atoms with E-state index >= 15 is 0 Å². The van der Waals surface area contributed by atoms with E-state index in [0.717, 1.165) is 17.3 Å². The molecule has 88 valence electrons. The molecule has 0 saturated heterocycles. The number of hydrogen-bond donors (Lipinski definition) is 1. The van der Waals surface area contributed by atoms with Crippen molar-refractivity contribution < 1.29 is 9.90 Å². The van der Waals surface area contributed by atoms with Gasteiger partial charge in [0.05, 0.1) is 12.3 Å². The number of benzene rings is 1. The second-order valence-corrected chi connectivity index (χ2v) is 4.23. The van der Waals surface area contributed by atoms with Crippen molar-refractivity contribution in [1.82, 2.24) is 20.2 Å². The van der Waals surface area contributed by atoms with Gasteiger partial charge in [0.15, 0.2) is 0 Å². The van der Waals surface area contributed by atoms with Gasteiger partial charge in [0.25, 0.3) is 0 Å².